The second-order valence-electron chi connectivity index (χ2n) is 5.66. The molecule has 25 heavy (non-hydrogen) atoms. The first-order chi connectivity index (χ1) is 12.3. The molecule has 0 spiro atoms. The first-order valence-electron chi connectivity index (χ1n) is 8.00. The molecule has 1 saturated heterocycles. The molecule has 2 heterocycles. The van der Waals surface area contributed by atoms with Crippen molar-refractivity contribution in [1.82, 2.24) is 4.98 Å². The van der Waals surface area contributed by atoms with Crippen LogP contribution in [0.3, 0.4) is 0 Å². The Balaban J connectivity index is 1.55. The van der Waals surface area contributed by atoms with Gasteiger partial charge in [0.15, 0.2) is 6.29 Å². The van der Waals surface area contributed by atoms with Crippen LogP contribution in [0.5, 0.6) is 11.6 Å². The van der Waals surface area contributed by atoms with Crippen LogP contribution >= 0.6 is 11.6 Å². The van der Waals surface area contributed by atoms with E-state index in [0.29, 0.717) is 23.3 Å². The fourth-order valence-electron chi connectivity index (χ4n) is 2.72. The summed E-state index contributed by atoms with van der Waals surface area (Å²) in [4.78, 5) is 4.32. The summed E-state index contributed by atoms with van der Waals surface area (Å²) in [6.07, 6.45) is 1.05. The maximum atomic E-state index is 6.07. The van der Waals surface area contributed by atoms with Crippen molar-refractivity contribution >= 4 is 11.6 Å². The number of rotatable bonds is 4. The molecule has 0 radical (unpaired) electrons. The first-order valence-corrected chi connectivity index (χ1v) is 8.38. The maximum Gasteiger partial charge on any atom is 0.227 e. The van der Waals surface area contributed by atoms with Gasteiger partial charge in [-0.2, -0.15) is 0 Å². The number of ether oxygens (including phenoxy) is 3. The molecule has 1 fully saturated rings. The maximum absolute atomic E-state index is 6.07. The normalized spacial score (nSPS) is 19.7. The summed E-state index contributed by atoms with van der Waals surface area (Å²) < 4.78 is 17.8. The topological polar surface area (TPSA) is 40.6 Å². The fraction of sp³-hybridized carbons (Fsp3) is 0.150. The zero-order valence-corrected chi connectivity index (χ0v) is 14.1. The number of nitrogens with zero attached hydrogens (tertiary/aromatic N) is 1. The Kier molecular flexibility index (Phi) is 4.65. The van der Waals surface area contributed by atoms with Crippen LogP contribution < -0.4 is 4.74 Å². The Labute approximate surface area is 150 Å². The van der Waals surface area contributed by atoms with E-state index in [9.17, 15) is 0 Å². The molecule has 2 aromatic carbocycles. The minimum absolute atomic E-state index is 0.106. The second-order valence-corrected chi connectivity index (χ2v) is 6.09. The molecule has 0 saturated carbocycles. The van der Waals surface area contributed by atoms with Gasteiger partial charge in [0, 0.05) is 11.2 Å². The Bertz CT molecular complexity index is 856. The molecular formula is C20H16ClNO3. The van der Waals surface area contributed by atoms with Crippen molar-refractivity contribution in [3.8, 4) is 11.6 Å². The summed E-state index contributed by atoms with van der Waals surface area (Å²) in [7, 11) is 0. The van der Waals surface area contributed by atoms with Gasteiger partial charge in [0.05, 0.1) is 12.2 Å². The van der Waals surface area contributed by atoms with E-state index in [2.05, 4.69) is 4.98 Å². The number of hydrogen-bond acceptors (Lipinski definition) is 4. The van der Waals surface area contributed by atoms with Gasteiger partial charge in [-0.25, -0.2) is 4.98 Å². The summed E-state index contributed by atoms with van der Waals surface area (Å²) >= 11 is 6.02. The van der Waals surface area contributed by atoms with E-state index in [1.165, 1.54) is 0 Å². The van der Waals surface area contributed by atoms with Crippen LogP contribution in [0.4, 0.5) is 0 Å². The highest BCUT2D eigenvalue weighted by Gasteiger charge is 2.31. The lowest BCUT2D eigenvalue weighted by atomic mass is 10.1. The molecule has 0 aliphatic carbocycles. The summed E-state index contributed by atoms with van der Waals surface area (Å²) in [5.41, 5.74) is 1.84. The highest BCUT2D eigenvalue weighted by Crippen LogP contribution is 2.39. The van der Waals surface area contributed by atoms with Crippen LogP contribution in [-0.4, -0.2) is 11.6 Å². The van der Waals surface area contributed by atoms with Gasteiger partial charge in [-0.15, -0.1) is 0 Å². The van der Waals surface area contributed by atoms with Crippen molar-refractivity contribution in [2.24, 2.45) is 0 Å². The van der Waals surface area contributed by atoms with E-state index in [1.807, 2.05) is 54.6 Å². The summed E-state index contributed by atoms with van der Waals surface area (Å²) in [6.45, 7) is 0.486. The third-order valence-corrected chi connectivity index (χ3v) is 4.16. The molecule has 4 nitrogen and oxygen atoms in total. The number of aromatic nitrogens is 1. The van der Waals surface area contributed by atoms with E-state index in [1.54, 1.807) is 18.3 Å². The lowest BCUT2D eigenvalue weighted by molar-refractivity contribution is -0.0620. The van der Waals surface area contributed by atoms with E-state index in [4.69, 9.17) is 25.8 Å². The minimum Gasteiger partial charge on any atom is -0.438 e. The van der Waals surface area contributed by atoms with E-state index >= 15 is 0 Å². The number of hydrogen-bond donors (Lipinski definition) is 0. The van der Waals surface area contributed by atoms with Gasteiger partial charge in [0.1, 0.15) is 11.9 Å². The molecule has 3 aromatic rings. The monoisotopic (exact) mass is 353 g/mol. The molecule has 1 aliphatic heterocycles. The van der Waals surface area contributed by atoms with Crippen LogP contribution in [0.2, 0.25) is 5.02 Å². The predicted octanol–water partition coefficient (Wildman–Crippen LogP) is 5.31. The Morgan fingerprint density at radius 2 is 1.88 bits per heavy atom. The van der Waals surface area contributed by atoms with Gasteiger partial charge in [-0.05, 0) is 35.9 Å². The van der Waals surface area contributed by atoms with Gasteiger partial charge in [0.25, 0.3) is 0 Å². The standard InChI is InChI=1S/C20H16ClNO3/c21-15-8-4-9-16(12-15)24-19-17(10-5-11-22-19)20-23-13-18(25-20)14-6-2-1-3-7-14/h1-12,18,20H,13H2. The smallest absolute Gasteiger partial charge is 0.227 e. The van der Waals surface area contributed by atoms with Crippen molar-refractivity contribution in [2.45, 2.75) is 12.4 Å². The molecule has 2 atom stereocenters. The van der Waals surface area contributed by atoms with Crippen molar-refractivity contribution in [1.29, 1.82) is 0 Å². The zero-order valence-electron chi connectivity index (χ0n) is 13.3. The van der Waals surface area contributed by atoms with E-state index in [-0.39, 0.29) is 6.10 Å². The average molecular weight is 354 g/mol. The highest BCUT2D eigenvalue weighted by atomic mass is 35.5. The molecule has 0 N–H and O–H groups in total. The van der Waals surface area contributed by atoms with Gasteiger partial charge in [-0.1, -0.05) is 48.0 Å². The van der Waals surface area contributed by atoms with Gasteiger partial charge in [-0.3, -0.25) is 0 Å². The lowest BCUT2D eigenvalue weighted by Gasteiger charge is -2.15. The quantitative estimate of drug-likeness (QED) is 0.637. The van der Waals surface area contributed by atoms with Crippen molar-refractivity contribution in [3.05, 3.63) is 89.1 Å². The second kappa shape index (κ2) is 7.23. The molecule has 126 valence electrons. The fourth-order valence-corrected chi connectivity index (χ4v) is 2.90. The number of benzene rings is 2. The molecule has 1 aliphatic rings. The molecule has 1 aromatic heterocycles. The molecule has 2 unspecified atom stereocenters. The van der Waals surface area contributed by atoms with Crippen molar-refractivity contribution < 1.29 is 14.2 Å². The highest BCUT2D eigenvalue weighted by molar-refractivity contribution is 6.30. The number of pyridine rings is 1. The summed E-state index contributed by atoms with van der Waals surface area (Å²) in [6, 6.07) is 20.9. The van der Waals surface area contributed by atoms with Crippen LogP contribution in [0.15, 0.2) is 72.9 Å². The van der Waals surface area contributed by atoms with Crippen LogP contribution in [-0.2, 0) is 9.47 Å². The Hall–Kier alpha value is -2.40. The first kappa shape index (κ1) is 16.1. The van der Waals surface area contributed by atoms with Crippen molar-refractivity contribution in [3.63, 3.8) is 0 Å². The Morgan fingerprint density at radius 1 is 1.00 bits per heavy atom. The lowest BCUT2D eigenvalue weighted by Crippen LogP contribution is -2.03. The van der Waals surface area contributed by atoms with Crippen molar-refractivity contribution in [2.75, 3.05) is 6.61 Å². The van der Waals surface area contributed by atoms with Gasteiger partial charge in [0.2, 0.25) is 5.88 Å². The molecule has 4 rings (SSSR count). The van der Waals surface area contributed by atoms with Crippen LogP contribution in [0.25, 0.3) is 0 Å². The summed E-state index contributed by atoms with van der Waals surface area (Å²) in [5.74, 6) is 1.06. The SMILES string of the molecule is Clc1cccc(Oc2ncccc2C2OCC(c3ccccc3)O2)c1. The minimum atomic E-state index is -0.520. The molecule has 0 bridgehead atoms. The third kappa shape index (κ3) is 3.66. The van der Waals surface area contributed by atoms with Gasteiger partial charge >= 0.3 is 0 Å². The van der Waals surface area contributed by atoms with E-state index in [0.717, 1.165) is 11.1 Å². The molecule has 0 amide bonds. The molecular weight excluding hydrogens is 338 g/mol. The largest absolute Gasteiger partial charge is 0.438 e. The van der Waals surface area contributed by atoms with Gasteiger partial charge < -0.3 is 14.2 Å². The third-order valence-electron chi connectivity index (χ3n) is 3.92. The average Bonchev–Trinajstić information content (AvgIpc) is 3.13. The number of halogens is 1. The zero-order chi connectivity index (χ0) is 17.1. The van der Waals surface area contributed by atoms with E-state index < -0.39 is 6.29 Å². The Morgan fingerprint density at radius 3 is 2.72 bits per heavy atom. The predicted molar refractivity (Wildman–Crippen MR) is 94.7 cm³/mol. The summed E-state index contributed by atoms with van der Waals surface area (Å²) in [5, 5.41) is 0.604. The molecule has 5 heteroatoms. The van der Waals surface area contributed by atoms with Crippen LogP contribution in [0.1, 0.15) is 23.5 Å². The van der Waals surface area contributed by atoms with Crippen LogP contribution in [0, 0.1) is 0 Å².